The van der Waals surface area contributed by atoms with Gasteiger partial charge in [0, 0.05) is 18.3 Å². The van der Waals surface area contributed by atoms with Crippen molar-refractivity contribution in [3.8, 4) is 0 Å². The second kappa shape index (κ2) is 7.77. The predicted molar refractivity (Wildman–Crippen MR) is 100 cm³/mol. The molecular formula is C21H26N2O3. The highest BCUT2D eigenvalue weighted by atomic mass is 16.5. The summed E-state index contributed by atoms with van der Waals surface area (Å²) in [5.74, 6) is -0.403. The molecule has 1 saturated heterocycles. The molecule has 5 heteroatoms. The second-order valence-corrected chi connectivity index (χ2v) is 6.83. The van der Waals surface area contributed by atoms with Gasteiger partial charge >= 0.3 is 5.97 Å². The minimum atomic E-state index is -0.375. The van der Waals surface area contributed by atoms with Crippen LogP contribution < -0.4 is 0 Å². The van der Waals surface area contributed by atoms with Gasteiger partial charge in [-0.25, -0.2) is 4.79 Å². The molecule has 1 aliphatic rings. The van der Waals surface area contributed by atoms with E-state index >= 15 is 0 Å². The number of rotatable bonds is 5. The minimum absolute atomic E-state index is 0.0282. The molecule has 0 saturated carbocycles. The molecule has 1 aromatic heterocycles. The van der Waals surface area contributed by atoms with Crippen LogP contribution in [-0.2, 0) is 11.2 Å². The van der Waals surface area contributed by atoms with Crippen molar-refractivity contribution < 1.29 is 14.3 Å². The highest BCUT2D eigenvalue weighted by Crippen LogP contribution is 2.26. The molecule has 1 amide bonds. The van der Waals surface area contributed by atoms with Crippen LogP contribution in [0.2, 0.25) is 0 Å². The van der Waals surface area contributed by atoms with Gasteiger partial charge in [-0.3, -0.25) is 4.79 Å². The van der Waals surface area contributed by atoms with E-state index in [0.29, 0.717) is 29.1 Å². The maximum absolute atomic E-state index is 13.2. The molecule has 0 bridgehead atoms. The first kappa shape index (κ1) is 18.2. The van der Waals surface area contributed by atoms with Gasteiger partial charge in [0.15, 0.2) is 0 Å². The average molecular weight is 354 g/mol. The van der Waals surface area contributed by atoms with Gasteiger partial charge in [-0.2, -0.15) is 0 Å². The van der Waals surface area contributed by atoms with Crippen molar-refractivity contribution in [3.05, 3.63) is 58.4 Å². The topological polar surface area (TPSA) is 62.4 Å². The van der Waals surface area contributed by atoms with Crippen molar-refractivity contribution >= 4 is 11.9 Å². The number of aromatic amines is 1. The molecule has 5 nitrogen and oxygen atoms in total. The third-order valence-corrected chi connectivity index (χ3v) is 5.08. The summed E-state index contributed by atoms with van der Waals surface area (Å²) in [6, 6.07) is 10.5. The maximum Gasteiger partial charge on any atom is 0.340 e. The van der Waals surface area contributed by atoms with Gasteiger partial charge in [-0.05, 0) is 51.2 Å². The van der Waals surface area contributed by atoms with Crippen molar-refractivity contribution in [1.29, 1.82) is 0 Å². The number of likely N-dealkylation sites (tertiary alicyclic amines) is 1. The standard InChI is InChI=1S/C21H26N2O3/c1-4-26-21(25)18-14(2)19(22-15(18)3)20(24)23-12-8-11-17(23)13-16-9-6-5-7-10-16/h5-7,9-10,17,22H,4,8,11-13H2,1-3H3. The lowest BCUT2D eigenvalue weighted by Crippen LogP contribution is -2.37. The molecule has 0 radical (unpaired) electrons. The Morgan fingerprint density at radius 2 is 1.96 bits per heavy atom. The minimum Gasteiger partial charge on any atom is -0.462 e. The summed E-state index contributed by atoms with van der Waals surface area (Å²) >= 11 is 0. The van der Waals surface area contributed by atoms with E-state index in [0.717, 1.165) is 25.8 Å². The van der Waals surface area contributed by atoms with Crippen molar-refractivity contribution in [2.75, 3.05) is 13.2 Å². The Labute approximate surface area is 154 Å². The quantitative estimate of drug-likeness (QED) is 0.834. The molecule has 1 fully saturated rings. The molecule has 26 heavy (non-hydrogen) atoms. The van der Waals surface area contributed by atoms with Gasteiger partial charge in [0.1, 0.15) is 5.69 Å². The van der Waals surface area contributed by atoms with E-state index in [4.69, 9.17) is 4.74 Å². The summed E-state index contributed by atoms with van der Waals surface area (Å²) in [6.07, 6.45) is 2.87. The van der Waals surface area contributed by atoms with Crippen LogP contribution in [0.1, 0.15) is 57.4 Å². The monoisotopic (exact) mass is 354 g/mol. The van der Waals surface area contributed by atoms with Crippen LogP contribution in [-0.4, -0.2) is 41.0 Å². The molecule has 1 N–H and O–H groups in total. The smallest absolute Gasteiger partial charge is 0.340 e. The van der Waals surface area contributed by atoms with E-state index in [2.05, 4.69) is 17.1 Å². The summed E-state index contributed by atoms with van der Waals surface area (Å²) in [7, 11) is 0. The second-order valence-electron chi connectivity index (χ2n) is 6.83. The molecule has 1 aliphatic heterocycles. The fourth-order valence-electron chi connectivity index (χ4n) is 3.82. The summed E-state index contributed by atoms with van der Waals surface area (Å²) in [5, 5.41) is 0. The average Bonchev–Trinajstić information content (AvgIpc) is 3.19. The van der Waals surface area contributed by atoms with Crippen LogP contribution in [0.15, 0.2) is 30.3 Å². The van der Waals surface area contributed by atoms with Crippen LogP contribution in [0.4, 0.5) is 0 Å². The molecular weight excluding hydrogens is 328 g/mol. The normalized spacial score (nSPS) is 16.7. The Morgan fingerprint density at radius 1 is 1.23 bits per heavy atom. The summed E-state index contributed by atoms with van der Waals surface area (Å²) < 4.78 is 5.12. The van der Waals surface area contributed by atoms with Crippen molar-refractivity contribution in [2.24, 2.45) is 0 Å². The lowest BCUT2D eigenvalue weighted by molar-refractivity contribution is 0.0525. The number of carbonyl (C=O) groups is 2. The third kappa shape index (κ3) is 3.52. The number of H-pyrrole nitrogens is 1. The molecule has 2 aromatic rings. The first-order valence-electron chi connectivity index (χ1n) is 9.24. The molecule has 0 aliphatic carbocycles. The summed E-state index contributed by atoms with van der Waals surface area (Å²) in [4.78, 5) is 30.4. The van der Waals surface area contributed by atoms with E-state index in [9.17, 15) is 9.59 Å². The van der Waals surface area contributed by atoms with E-state index < -0.39 is 0 Å². The van der Waals surface area contributed by atoms with Gasteiger partial charge in [0.25, 0.3) is 5.91 Å². The number of hydrogen-bond acceptors (Lipinski definition) is 3. The lowest BCUT2D eigenvalue weighted by Gasteiger charge is -2.25. The number of aryl methyl sites for hydroxylation is 1. The van der Waals surface area contributed by atoms with Crippen molar-refractivity contribution in [2.45, 2.75) is 46.1 Å². The highest BCUT2D eigenvalue weighted by Gasteiger charge is 2.32. The van der Waals surface area contributed by atoms with Crippen LogP contribution >= 0.6 is 0 Å². The Hall–Kier alpha value is -2.56. The van der Waals surface area contributed by atoms with Gasteiger partial charge < -0.3 is 14.6 Å². The van der Waals surface area contributed by atoms with Gasteiger partial charge in [0.05, 0.1) is 12.2 Å². The SMILES string of the molecule is CCOC(=O)c1c(C)[nH]c(C(=O)N2CCCC2Cc2ccccc2)c1C. The van der Waals surface area contributed by atoms with Gasteiger partial charge in [0.2, 0.25) is 0 Å². The first-order valence-corrected chi connectivity index (χ1v) is 9.24. The summed E-state index contributed by atoms with van der Waals surface area (Å²) in [5.41, 5.74) is 3.59. The highest BCUT2D eigenvalue weighted by molar-refractivity contribution is 6.00. The van der Waals surface area contributed by atoms with E-state index in [-0.39, 0.29) is 17.9 Å². The molecule has 1 unspecified atom stereocenters. The Bertz CT molecular complexity index is 795. The van der Waals surface area contributed by atoms with Crippen molar-refractivity contribution in [3.63, 3.8) is 0 Å². The largest absolute Gasteiger partial charge is 0.462 e. The number of nitrogens with one attached hydrogen (secondary N) is 1. The molecule has 1 atom stereocenters. The van der Waals surface area contributed by atoms with Crippen LogP contribution in [0.5, 0.6) is 0 Å². The van der Waals surface area contributed by atoms with Crippen LogP contribution in [0.25, 0.3) is 0 Å². The number of hydrogen-bond donors (Lipinski definition) is 1. The Kier molecular flexibility index (Phi) is 5.45. The number of ether oxygens (including phenoxy) is 1. The van der Waals surface area contributed by atoms with Gasteiger partial charge in [-0.15, -0.1) is 0 Å². The number of esters is 1. The van der Waals surface area contributed by atoms with E-state index in [1.54, 1.807) is 6.92 Å². The van der Waals surface area contributed by atoms with Crippen molar-refractivity contribution in [1.82, 2.24) is 9.88 Å². The number of aromatic nitrogens is 1. The molecule has 2 heterocycles. The summed E-state index contributed by atoms with van der Waals surface area (Å²) in [6.45, 7) is 6.46. The Balaban J connectivity index is 1.82. The zero-order chi connectivity index (χ0) is 18.7. The first-order chi connectivity index (χ1) is 12.5. The molecule has 3 rings (SSSR count). The molecule has 138 valence electrons. The van der Waals surface area contributed by atoms with E-state index in [1.165, 1.54) is 5.56 Å². The lowest BCUT2D eigenvalue weighted by atomic mass is 10.0. The predicted octanol–water partition coefficient (Wildman–Crippen LogP) is 3.66. The molecule has 0 spiro atoms. The third-order valence-electron chi connectivity index (χ3n) is 5.08. The fourth-order valence-corrected chi connectivity index (χ4v) is 3.82. The molecule has 1 aromatic carbocycles. The Morgan fingerprint density at radius 3 is 2.65 bits per heavy atom. The maximum atomic E-state index is 13.2. The van der Waals surface area contributed by atoms with Crippen LogP contribution in [0, 0.1) is 13.8 Å². The van der Waals surface area contributed by atoms with Crippen LogP contribution in [0.3, 0.4) is 0 Å². The fraction of sp³-hybridized carbons (Fsp3) is 0.429. The number of carbonyl (C=O) groups excluding carboxylic acids is 2. The zero-order valence-corrected chi connectivity index (χ0v) is 15.7. The van der Waals surface area contributed by atoms with Gasteiger partial charge in [-0.1, -0.05) is 30.3 Å². The number of benzene rings is 1. The zero-order valence-electron chi connectivity index (χ0n) is 15.7. The number of nitrogens with zero attached hydrogens (tertiary/aromatic N) is 1. The number of amides is 1. The van der Waals surface area contributed by atoms with E-state index in [1.807, 2.05) is 36.9 Å².